The van der Waals surface area contributed by atoms with Crippen LogP contribution in [0.25, 0.3) is 6.08 Å². The van der Waals surface area contributed by atoms with E-state index in [1.54, 1.807) is 7.11 Å². The number of hydrogen-bond acceptors (Lipinski definition) is 5. The highest BCUT2D eigenvalue weighted by Crippen LogP contribution is 2.56. The van der Waals surface area contributed by atoms with Crippen molar-refractivity contribution >= 4 is 6.08 Å². The van der Waals surface area contributed by atoms with E-state index in [0.717, 1.165) is 28.2 Å². The van der Waals surface area contributed by atoms with Gasteiger partial charge >= 0.3 is 0 Å². The average molecular weight is 352 g/mol. The van der Waals surface area contributed by atoms with Crippen LogP contribution in [0.2, 0.25) is 0 Å². The summed E-state index contributed by atoms with van der Waals surface area (Å²) < 4.78 is 23.4. The smallest absolute Gasteiger partial charge is 0.201 e. The minimum atomic E-state index is -0.466. The fourth-order valence-electron chi connectivity index (χ4n) is 3.92. The topological polar surface area (TPSA) is 57.2 Å². The van der Waals surface area contributed by atoms with Crippen molar-refractivity contribution < 1.29 is 24.1 Å². The molecule has 0 bridgehead atoms. The van der Waals surface area contributed by atoms with Crippen molar-refractivity contribution in [3.05, 3.63) is 47.0 Å². The van der Waals surface area contributed by atoms with Gasteiger partial charge in [-0.25, -0.2) is 0 Å². The third-order valence-corrected chi connectivity index (χ3v) is 5.25. The van der Waals surface area contributed by atoms with E-state index < -0.39 is 5.60 Å². The summed E-state index contributed by atoms with van der Waals surface area (Å²) >= 11 is 0. The summed E-state index contributed by atoms with van der Waals surface area (Å²) in [4.78, 5) is 0. The number of aromatic hydroxyl groups is 1. The fraction of sp³-hybridized carbons (Fsp3) is 0.333. The highest BCUT2D eigenvalue weighted by atomic mass is 16.5. The van der Waals surface area contributed by atoms with Gasteiger partial charge in [-0.05, 0) is 32.1 Å². The van der Waals surface area contributed by atoms with Gasteiger partial charge in [0.2, 0.25) is 5.75 Å². The second-order valence-electron chi connectivity index (χ2n) is 7.46. The maximum absolute atomic E-state index is 10.8. The van der Waals surface area contributed by atoms with Gasteiger partial charge in [0.15, 0.2) is 11.5 Å². The minimum absolute atomic E-state index is 0.0468. The SMILES string of the molecule is COc1ccc2c(c1)O[C@H]1c3cc4c(c(O)c3OC[C@@H]21)OC(C)(C)C=C4. The zero-order chi connectivity index (χ0) is 18.1. The molecule has 5 heteroatoms. The summed E-state index contributed by atoms with van der Waals surface area (Å²) in [5.41, 5.74) is 2.32. The molecular weight excluding hydrogens is 332 g/mol. The molecule has 3 aliphatic rings. The Bertz CT molecular complexity index is 944. The van der Waals surface area contributed by atoms with Crippen molar-refractivity contribution in [3.63, 3.8) is 0 Å². The van der Waals surface area contributed by atoms with E-state index in [-0.39, 0.29) is 17.8 Å². The third kappa shape index (κ3) is 2.09. The molecule has 2 aromatic carbocycles. The van der Waals surface area contributed by atoms with Crippen molar-refractivity contribution in [2.45, 2.75) is 31.5 Å². The second-order valence-corrected chi connectivity index (χ2v) is 7.46. The molecule has 134 valence electrons. The lowest BCUT2D eigenvalue weighted by atomic mass is 9.87. The third-order valence-electron chi connectivity index (χ3n) is 5.25. The zero-order valence-electron chi connectivity index (χ0n) is 14.9. The minimum Gasteiger partial charge on any atom is -0.502 e. The van der Waals surface area contributed by atoms with E-state index in [0.29, 0.717) is 18.1 Å². The Hall–Kier alpha value is -2.82. The molecule has 5 nitrogen and oxygen atoms in total. The van der Waals surface area contributed by atoms with E-state index in [1.165, 1.54) is 0 Å². The molecule has 0 aromatic heterocycles. The van der Waals surface area contributed by atoms with Crippen molar-refractivity contribution in [2.24, 2.45) is 0 Å². The van der Waals surface area contributed by atoms with Gasteiger partial charge in [0.25, 0.3) is 0 Å². The van der Waals surface area contributed by atoms with Crippen LogP contribution >= 0.6 is 0 Å². The first-order chi connectivity index (χ1) is 12.5. The van der Waals surface area contributed by atoms with Gasteiger partial charge in [-0.3, -0.25) is 0 Å². The van der Waals surface area contributed by atoms with Crippen LogP contribution < -0.4 is 18.9 Å². The summed E-state index contributed by atoms with van der Waals surface area (Å²) in [7, 11) is 1.64. The molecule has 3 aliphatic heterocycles. The van der Waals surface area contributed by atoms with Crippen molar-refractivity contribution in [3.8, 4) is 28.7 Å². The summed E-state index contributed by atoms with van der Waals surface area (Å²) in [6, 6.07) is 7.85. The van der Waals surface area contributed by atoms with Gasteiger partial charge in [0, 0.05) is 22.8 Å². The maximum atomic E-state index is 10.8. The molecule has 5 rings (SSSR count). The van der Waals surface area contributed by atoms with Crippen LogP contribution in [0.3, 0.4) is 0 Å². The average Bonchev–Trinajstić information content (AvgIpc) is 3.00. The molecule has 2 aromatic rings. The Morgan fingerprint density at radius 2 is 2.00 bits per heavy atom. The number of hydrogen-bond donors (Lipinski definition) is 1. The van der Waals surface area contributed by atoms with Gasteiger partial charge < -0.3 is 24.1 Å². The summed E-state index contributed by atoms with van der Waals surface area (Å²) in [5, 5.41) is 10.8. The van der Waals surface area contributed by atoms with Crippen LogP contribution in [0, 0.1) is 0 Å². The number of rotatable bonds is 1. The number of phenolic OH excluding ortho intramolecular Hbond substituents is 1. The van der Waals surface area contributed by atoms with E-state index in [1.807, 2.05) is 50.3 Å². The molecule has 3 heterocycles. The van der Waals surface area contributed by atoms with Crippen LogP contribution in [-0.2, 0) is 0 Å². The molecule has 0 radical (unpaired) electrons. The molecule has 0 saturated carbocycles. The van der Waals surface area contributed by atoms with Crippen LogP contribution in [-0.4, -0.2) is 24.4 Å². The number of fused-ring (bicyclic) bond motifs is 6. The maximum Gasteiger partial charge on any atom is 0.201 e. The van der Waals surface area contributed by atoms with E-state index in [9.17, 15) is 5.11 Å². The van der Waals surface area contributed by atoms with Gasteiger partial charge in [-0.15, -0.1) is 0 Å². The molecule has 0 saturated heterocycles. The van der Waals surface area contributed by atoms with Crippen molar-refractivity contribution in [2.75, 3.05) is 13.7 Å². The van der Waals surface area contributed by atoms with Gasteiger partial charge in [0.05, 0.1) is 19.6 Å². The molecule has 0 spiro atoms. The monoisotopic (exact) mass is 352 g/mol. The first kappa shape index (κ1) is 15.4. The summed E-state index contributed by atoms with van der Waals surface area (Å²) in [6.07, 6.45) is 3.77. The molecule has 0 amide bonds. The molecule has 2 atom stereocenters. The number of phenols is 1. The molecule has 26 heavy (non-hydrogen) atoms. The first-order valence-electron chi connectivity index (χ1n) is 8.72. The molecule has 1 N–H and O–H groups in total. The lowest BCUT2D eigenvalue weighted by Gasteiger charge is -2.33. The molecular formula is C21H20O5. The van der Waals surface area contributed by atoms with Gasteiger partial charge in [-0.1, -0.05) is 12.1 Å². The quantitative estimate of drug-likeness (QED) is 0.834. The predicted molar refractivity (Wildman–Crippen MR) is 96.4 cm³/mol. The predicted octanol–water partition coefficient (Wildman–Crippen LogP) is 4.19. The summed E-state index contributed by atoms with van der Waals surface area (Å²) in [6.45, 7) is 4.35. The van der Waals surface area contributed by atoms with Crippen molar-refractivity contribution in [1.29, 1.82) is 0 Å². The molecule has 0 fully saturated rings. The van der Waals surface area contributed by atoms with Crippen LogP contribution in [0.15, 0.2) is 30.3 Å². The van der Waals surface area contributed by atoms with Gasteiger partial charge in [-0.2, -0.15) is 0 Å². The largest absolute Gasteiger partial charge is 0.502 e. The van der Waals surface area contributed by atoms with Crippen molar-refractivity contribution in [1.82, 2.24) is 0 Å². The Balaban J connectivity index is 1.61. The van der Waals surface area contributed by atoms with Crippen LogP contribution in [0.1, 0.15) is 42.6 Å². The standard InChI is InChI=1S/C21H20O5/c1-21(2)7-6-11-8-14-19-15(10-24-20(14)17(22)18(11)26-21)13-5-4-12(23-3)9-16(13)25-19/h4-9,15,19,22H,10H2,1-3H3/t15-,19-/m0/s1. The van der Waals surface area contributed by atoms with Crippen LogP contribution in [0.5, 0.6) is 28.7 Å². The Morgan fingerprint density at radius 1 is 1.15 bits per heavy atom. The van der Waals surface area contributed by atoms with Gasteiger partial charge in [0.1, 0.15) is 23.2 Å². The zero-order valence-corrected chi connectivity index (χ0v) is 14.9. The van der Waals surface area contributed by atoms with E-state index in [2.05, 4.69) is 0 Å². The normalized spacial score (nSPS) is 23.5. The Kier molecular flexibility index (Phi) is 3.03. The highest BCUT2D eigenvalue weighted by Gasteiger charge is 2.43. The fourth-order valence-corrected chi connectivity index (χ4v) is 3.92. The Labute approximate surface area is 151 Å². The molecule has 0 aliphatic carbocycles. The lowest BCUT2D eigenvalue weighted by molar-refractivity contribution is 0.128. The summed E-state index contributed by atoms with van der Waals surface area (Å²) in [5.74, 6) is 2.62. The lowest BCUT2D eigenvalue weighted by Crippen LogP contribution is -2.28. The Morgan fingerprint density at radius 3 is 2.81 bits per heavy atom. The number of methoxy groups -OCH3 is 1. The molecule has 0 unspecified atom stereocenters. The first-order valence-corrected chi connectivity index (χ1v) is 8.72. The number of benzene rings is 2. The second kappa shape index (κ2) is 5.10. The highest BCUT2D eigenvalue weighted by molar-refractivity contribution is 5.72. The number of ether oxygens (including phenoxy) is 4. The van der Waals surface area contributed by atoms with Crippen LogP contribution in [0.4, 0.5) is 0 Å². The van der Waals surface area contributed by atoms with E-state index in [4.69, 9.17) is 18.9 Å². The van der Waals surface area contributed by atoms with E-state index >= 15 is 0 Å².